The molecule has 4 saturated carbocycles. The molecule has 0 bridgehead atoms. The van der Waals surface area contributed by atoms with Gasteiger partial charge in [-0.1, -0.05) is 12.2 Å². The average molecular weight is 266 g/mol. The first-order valence-corrected chi connectivity index (χ1v) is 9.34. The van der Waals surface area contributed by atoms with E-state index >= 15 is 0 Å². The fraction of sp³-hybridized carbons (Fsp3) is 0.800. The van der Waals surface area contributed by atoms with Gasteiger partial charge >= 0.3 is 0 Å². The van der Waals surface area contributed by atoms with E-state index in [1.54, 1.807) is 25.7 Å². The van der Waals surface area contributed by atoms with Crippen molar-refractivity contribution in [1.29, 1.82) is 0 Å². The quantitative estimate of drug-likeness (QED) is 0.628. The van der Waals surface area contributed by atoms with E-state index in [1.807, 2.05) is 11.1 Å². The third-order valence-electron chi connectivity index (χ3n) is 8.36. The van der Waals surface area contributed by atoms with Gasteiger partial charge in [-0.15, -0.1) is 0 Å². The first-order valence-electron chi connectivity index (χ1n) is 9.34. The molecule has 0 saturated heterocycles. The molecule has 20 heavy (non-hydrogen) atoms. The van der Waals surface area contributed by atoms with Crippen LogP contribution >= 0.6 is 0 Å². The lowest BCUT2D eigenvalue weighted by molar-refractivity contribution is 0.356. The molecule has 0 aromatic carbocycles. The molecule has 8 atom stereocenters. The fourth-order valence-corrected chi connectivity index (χ4v) is 7.83. The molecule has 6 rings (SSSR count). The number of hydrogen-bond donors (Lipinski definition) is 0. The van der Waals surface area contributed by atoms with E-state index in [0.29, 0.717) is 0 Å². The maximum absolute atomic E-state index is 2.79. The van der Waals surface area contributed by atoms with Gasteiger partial charge in [0.05, 0.1) is 0 Å². The Morgan fingerprint density at radius 3 is 1.50 bits per heavy atom. The smallest absolute Gasteiger partial charge is 0.0126 e. The predicted molar refractivity (Wildman–Crippen MR) is 81.0 cm³/mol. The Balaban J connectivity index is 1.41. The van der Waals surface area contributed by atoms with Crippen molar-refractivity contribution in [3.63, 3.8) is 0 Å². The van der Waals surface area contributed by atoms with Gasteiger partial charge < -0.3 is 0 Å². The molecule has 0 spiro atoms. The Bertz CT molecular complexity index is 476. The van der Waals surface area contributed by atoms with Gasteiger partial charge in [0, 0.05) is 0 Å². The van der Waals surface area contributed by atoms with Crippen molar-refractivity contribution in [3.05, 3.63) is 23.3 Å². The van der Waals surface area contributed by atoms with Crippen LogP contribution in [-0.4, -0.2) is 0 Å². The van der Waals surface area contributed by atoms with Gasteiger partial charge in [-0.2, -0.15) is 0 Å². The van der Waals surface area contributed by atoms with Crippen LogP contribution in [0.25, 0.3) is 0 Å². The second-order valence-electron chi connectivity index (χ2n) is 8.77. The molecule has 0 N–H and O–H groups in total. The van der Waals surface area contributed by atoms with Gasteiger partial charge in [0.1, 0.15) is 0 Å². The third-order valence-corrected chi connectivity index (χ3v) is 8.36. The minimum Gasteiger partial charge on any atom is -0.0773 e. The summed E-state index contributed by atoms with van der Waals surface area (Å²) in [7, 11) is 0. The molecule has 6 aliphatic rings. The molecular weight excluding hydrogens is 240 g/mol. The van der Waals surface area contributed by atoms with Crippen LogP contribution < -0.4 is 0 Å². The first-order chi connectivity index (χ1) is 9.90. The summed E-state index contributed by atoms with van der Waals surface area (Å²) in [5, 5.41) is 0. The SMILES string of the molecule is C1=C(C2=C[C@@H]3CC[C@@H]4CC[C@@H]2[C@@H]43)[C@@H]2CC[C@H]3CC[C@@H]1[C@@H]32. The average Bonchev–Trinajstić information content (AvgIpc) is 3.18. The van der Waals surface area contributed by atoms with Crippen LogP contribution in [0.1, 0.15) is 51.4 Å². The summed E-state index contributed by atoms with van der Waals surface area (Å²) < 4.78 is 0. The fourth-order valence-electron chi connectivity index (χ4n) is 7.83. The summed E-state index contributed by atoms with van der Waals surface area (Å²) in [6.07, 6.45) is 17.9. The van der Waals surface area contributed by atoms with Gasteiger partial charge in [-0.3, -0.25) is 0 Å². The zero-order valence-corrected chi connectivity index (χ0v) is 12.4. The van der Waals surface area contributed by atoms with Crippen molar-refractivity contribution < 1.29 is 0 Å². The molecule has 0 aliphatic heterocycles. The van der Waals surface area contributed by atoms with Crippen LogP contribution in [0.4, 0.5) is 0 Å². The minimum absolute atomic E-state index is 0.987. The second-order valence-corrected chi connectivity index (χ2v) is 8.77. The first kappa shape index (κ1) is 11.1. The zero-order valence-electron chi connectivity index (χ0n) is 12.4. The predicted octanol–water partition coefficient (Wildman–Crippen LogP) is 4.97. The maximum atomic E-state index is 2.79. The summed E-state index contributed by atoms with van der Waals surface area (Å²) in [4.78, 5) is 0. The van der Waals surface area contributed by atoms with Gasteiger partial charge in [0.2, 0.25) is 0 Å². The largest absolute Gasteiger partial charge is 0.0773 e. The number of allylic oxidation sites excluding steroid dienone is 4. The topological polar surface area (TPSA) is 0 Å². The summed E-state index contributed by atoms with van der Waals surface area (Å²) in [5.74, 6) is 8.36. The van der Waals surface area contributed by atoms with E-state index in [0.717, 1.165) is 47.3 Å². The molecule has 0 radical (unpaired) electrons. The summed E-state index contributed by atoms with van der Waals surface area (Å²) in [6.45, 7) is 0. The van der Waals surface area contributed by atoms with Gasteiger partial charge in [-0.05, 0) is 110 Å². The van der Waals surface area contributed by atoms with Gasteiger partial charge in [-0.25, -0.2) is 0 Å². The van der Waals surface area contributed by atoms with Crippen LogP contribution in [0, 0.1) is 47.3 Å². The Hall–Kier alpha value is -0.520. The van der Waals surface area contributed by atoms with Crippen molar-refractivity contribution in [1.82, 2.24) is 0 Å². The van der Waals surface area contributed by atoms with Crippen LogP contribution in [0.3, 0.4) is 0 Å². The van der Waals surface area contributed by atoms with Crippen LogP contribution in [-0.2, 0) is 0 Å². The van der Waals surface area contributed by atoms with Gasteiger partial charge in [0.15, 0.2) is 0 Å². The van der Waals surface area contributed by atoms with E-state index < -0.39 is 0 Å². The van der Waals surface area contributed by atoms with Crippen molar-refractivity contribution in [2.24, 2.45) is 47.3 Å². The standard InChI is InChI=1S/C20H26/c1-3-13-9-17(15-7-5-11(1)19(13)15)18-10-14-4-2-12-6-8-16(18)20(12)14/h9-16,19-20H,1-8H2/t11-,12-,13+,14+,15+,16+,19-,20+/m1/s1. The lowest BCUT2D eigenvalue weighted by atomic mass is 9.82. The minimum atomic E-state index is 0.987. The van der Waals surface area contributed by atoms with Crippen molar-refractivity contribution in [3.8, 4) is 0 Å². The maximum Gasteiger partial charge on any atom is -0.0126 e. The highest BCUT2D eigenvalue weighted by molar-refractivity contribution is 5.45. The molecule has 106 valence electrons. The summed E-state index contributed by atoms with van der Waals surface area (Å²) >= 11 is 0. The highest BCUT2D eigenvalue weighted by Gasteiger charge is 2.54. The lowest BCUT2D eigenvalue weighted by Crippen LogP contribution is -2.15. The van der Waals surface area contributed by atoms with Crippen LogP contribution in [0.5, 0.6) is 0 Å². The van der Waals surface area contributed by atoms with Crippen LogP contribution in [0.15, 0.2) is 23.3 Å². The van der Waals surface area contributed by atoms with E-state index in [2.05, 4.69) is 12.2 Å². The third kappa shape index (κ3) is 1.18. The molecule has 0 aromatic rings. The molecule has 6 aliphatic carbocycles. The van der Waals surface area contributed by atoms with E-state index in [1.165, 1.54) is 25.7 Å². The Morgan fingerprint density at radius 2 is 1.00 bits per heavy atom. The number of hydrogen-bond acceptors (Lipinski definition) is 0. The molecule has 0 unspecified atom stereocenters. The molecule has 0 heteroatoms. The van der Waals surface area contributed by atoms with E-state index in [-0.39, 0.29) is 0 Å². The molecular formula is C20H26. The highest BCUT2D eigenvalue weighted by atomic mass is 14.6. The van der Waals surface area contributed by atoms with Crippen molar-refractivity contribution in [2.75, 3.05) is 0 Å². The summed E-state index contributed by atoms with van der Waals surface area (Å²) in [6, 6.07) is 0. The van der Waals surface area contributed by atoms with E-state index in [9.17, 15) is 0 Å². The monoisotopic (exact) mass is 266 g/mol. The van der Waals surface area contributed by atoms with Crippen molar-refractivity contribution >= 4 is 0 Å². The molecule has 0 heterocycles. The normalized spacial score (nSPS) is 58.0. The second kappa shape index (κ2) is 3.62. The van der Waals surface area contributed by atoms with Crippen LogP contribution in [0.2, 0.25) is 0 Å². The Kier molecular flexibility index (Phi) is 2.01. The Labute approximate surface area is 122 Å². The lowest BCUT2D eigenvalue weighted by Gasteiger charge is -2.22. The van der Waals surface area contributed by atoms with E-state index in [4.69, 9.17) is 0 Å². The zero-order chi connectivity index (χ0) is 12.8. The number of rotatable bonds is 1. The molecule has 0 aromatic heterocycles. The summed E-state index contributed by atoms with van der Waals surface area (Å²) in [5.41, 5.74) is 3.78. The van der Waals surface area contributed by atoms with Crippen molar-refractivity contribution in [2.45, 2.75) is 51.4 Å². The Morgan fingerprint density at radius 1 is 0.550 bits per heavy atom. The highest BCUT2D eigenvalue weighted by Crippen LogP contribution is 2.64. The molecule has 0 amide bonds. The van der Waals surface area contributed by atoms with Gasteiger partial charge in [0.25, 0.3) is 0 Å². The molecule has 4 fully saturated rings. The molecule has 0 nitrogen and oxygen atoms in total.